The van der Waals surface area contributed by atoms with Gasteiger partial charge in [-0.1, -0.05) is 0 Å². The van der Waals surface area contributed by atoms with Crippen molar-refractivity contribution in [2.75, 3.05) is 18.4 Å². The summed E-state index contributed by atoms with van der Waals surface area (Å²) >= 11 is 0. The Morgan fingerprint density at radius 3 is 3.12 bits per heavy atom. The molecule has 0 aromatic carbocycles. The number of anilines is 1. The molecule has 1 amide bonds. The summed E-state index contributed by atoms with van der Waals surface area (Å²) in [5, 5.41) is 10.2. The highest BCUT2D eigenvalue weighted by Crippen LogP contribution is 2.13. The number of hydrogen-bond acceptors (Lipinski definition) is 3. The molecule has 2 N–H and O–H groups in total. The molecular weight excluding hydrogens is 240 g/mol. The van der Waals surface area contributed by atoms with Crippen LogP contribution in [0.25, 0.3) is 0 Å². The minimum atomic E-state index is 0. The van der Waals surface area contributed by atoms with Crippen LogP contribution >= 0.6 is 12.4 Å². The van der Waals surface area contributed by atoms with E-state index in [0.717, 1.165) is 31.7 Å². The van der Waals surface area contributed by atoms with Gasteiger partial charge in [0.2, 0.25) is 5.91 Å². The third kappa shape index (κ3) is 4.02. The van der Waals surface area contributed by atoms with E-state index in [9.17, 15) is 4.79 Å². The van der Waals surface area contributed by atoms with Crippen molar-refractivity contribution < 1.29 is 4.79 Å². The predicted octanol–water partition coefficient (Wildman–Crippen LogP) is 1.26. The molecule has 1 aliphatic heterocycles. The van der Waals surface area contributed by atoms with Crippen LogP contribution in [-0.4, -0.2) is 28.8 Å². The van der Waals surface area contributed by atoms with Gasteiger partial charge in [-0.05, 0) is 32.4 Å². The van der Waals surface area contributed by atoms with Gasteiger partial charge in [0.15, 0.2) is 0 Å². The van der Waals surface area contributed by atoms with Crippen molar-refractivity contribution in [3.63, 3.8) is 0 Å². The van der Waals surface area contributed by atoms with Gasteiger partial charge >= 0.3 is 0 Å². The summed E-state index contributed by atoms with van der Waals surface area (Å²) in [6.07, 6.45) is 5.24. The van der Waals surface area contributed by atoms with Crippen molar-refractivity contribution in [1.82, 2.24) is 15.1 Å². The van der Waals surface area contributed by atoms with E-state index in [0.29, 0.717) is 12.3 Å². The van der Waals surface area contributed by atoms with Crippen molar-refractivity contribution in [3.8, 4) is 0 Å². The number of rotatable bonds is 4. The molecule has 1 unspecified atom stereocenters. The van der Waals surface area contributed by atoms with Crippen LogP contribution in [0.5, 0.6) is 0 Å². The number of aromatic nitrogens is 2. The topological polar surface area (TPSA) is 59.0 Å². The van der Waals surface area contributed by atoms with Gasteiger partial charge in [-0.15, -0.1) is 12.4 Å². The molecule has 17 heavy (non-hydrogen) atoms. The molecule has 5 nitrogen and oxygen atoms in total. The second-order valence-corrected chi connectivity index (χ2v) is 4.20. The molecule has 0 bridgehead atoms. The number of amides is 1. The summed E-state index contributed by atoms with van der Waals surface area (Å²) in [4.78, 5) is 11.7. The molecule has 0 aliphatic carbocycles. The first-order valence-electron chi connectivity index (χ1n) is 5.81. The number of nitrogens with zero attached hydrogens (tertiary/aromatic N) is 2. The first-order chi connectivity index (χ1) is 7.78. The Kier molecular flexibility index (Phi) is 5.44. The fourth-order valence-corrected chi connectivity index (χ4v) is 1.96. The highest BCUT2D eigenvalue weighted by Gasteiger charge is 2.18. The Hall–Kier alpha value is -1.07. The molecule has 0 radical (unpaired) electrons. The summed E-state index contributed by atoms with van der Waals surface area (Å²) in [6, 6.07) is 0. The van der Waals surface area contributed by atoms with Gasteiger partial charge < -0.3 is 10.6 Å². The van der Waals surface area contributed by atoms with E-state index in [4.69, 9.17) is 0 Å². The van der Waals surface area contributed by atoms with E-state index in [1.807, 2.05) is 13.1 Å². The van der Waals surface area contributed by atoms with Crippen molar-refractivity contribution in [1.29, 1.82) is 0 Å². The summed E-state index contributed by atoms with van der Waals surface area (Å²) in [7, 11) is 0. The average Bonchev–Trinajstić information content (AvgIpc) is 2.89. The smallest absolute Gasteiger partial charge is 0.224 e. The Morgan fingerprint density at radius 2 is 2.53 bits per heavy atom. The third-order valence-electron chi connectivity index (χ3n) is 2.88. The number of halogens is 1. The fraction of sp³-hybridized carbons (Fsp3) is 0.636. The molecule has 6 heteroatoms. The molecule has 0 saturated carbocycles. The largest absolute Gasteiger partial charge is 0.323 e. The van der Waals surface area contributed by atoms with Gasteiger partial charge in [0.1, 0.15) is 0 Å². The zero-order valence-electron chi connectivity index (χ0n) is 9.98. The standard InChI is InChI=1S/C11H18N4O.ClH/c1-2-15-8-10(7-13-15)14-11(16)5-9-3-4-12-6-9;/h7-9,12H,2-6H2,1H3,(H,14,16);1H. The lowest BCUT2D eigenvalue weighted by Crippen LogP contribution is -2.18. The first-order valence-corrected chi connectivity index (χ1v) is 5.81. The van der Waals surface area contributed by atoms with Crippen molar-refractivity contribution >= 4 is 24.0 Å². The molecule has 2 heterocycles. The van der Waals surface area contributed by atoms with Crippen LogP contribution in [0.3, 0.4) is 0 Å². The Balaban J connectivity index is 0.00000144. The van der Waals surface area contributed by atoms with Gasteiger partial charge in [-0.2, -0.15) is 5.10 Å². The lowest BCUT2D eigenvalue weighted by atomic mass is 10.0. The maximum atomic E-state index is 11.7. The van der Waals surface area contributed by atoms with Crippen LogP contribution in [-0.2, 0) is 11.3 Å². The molecule has 0 spiro atoms. The molecule has 2 rings (SSSR count). The zero-order chi connectivity index (χ0) is 11.4. The van der Waals surface area contributed by atoms with Crippen LogP contribution in [0.4, 0.5) is 5.69 Å². The number of nitrogens with one attached hydrogen (secondary N) is 2. The van der Waals surface area contributed by atoms with Gasteiger partial charge in [-0.25, -0.2) is 0 Å². The molecule has 1 atom stereocenters. The quantitative estimate of drug-likeness (QED) is 0.855. The highest BCUT2D eigenvalue weighted by atomic mass is 35.5. The average molecular weight is 259 g/mol. The van der Waals surface area contributed by atoms with Crippen LogP contribution in [0, 0.1) is 5.92 Å². The number of carbonyl (C=O) groups is 1. The van der Waals surface area contributed by atoms with E-state index in [-0.39, 0.29) is 18.3 Å². The van der Waals surface area contributed by atoms with Gasteiger partial charge in [0.25, 0.3) is 0 Å². The molecule has 96 valence electrons. The lowest BCUT2D eigenvalue weighted by Gasteiger charge is -2.07. The van der Waals surface area contributed by atoms with E-state index in [2.05, 4.69) is 15.7 Å². The Morgan fingerprint density at radius 1 is 1.71 bits per heavy atom. The van der Waals surface area contributed by atoms with Crippen molar-refractivity contribution in [3.05, 3.63) is 12.4 Å². The van der Waals surface area contributed by atoms with E-state index < -0.39 is 0 Å². The molecule has 1 aliphatic rings. The fourth-order valence-electron chi connectivity index (χ4n) is 1.96. The Bertz CT molecular complexity index is 360. The highest BCUT2D eigenvalue weighted by molar-refractivity contribution is 5.90. The summed E-state index contributed by atoms with van der Waals surface area (Å²) in [5.74, 6) is 0.575. The predicted molar refractivity (Wildman–Crippen MR) is 69.4 cm³/mol. The molecule has 1 aromatic rings. The Labute approximate surface area is 107 Å². The third-order valence-corrected chi connectivity index (χ3v) is 2.88. The first kappa shape index (κ1) is 14.0. The van der Waals surface area contributed by atoms with Crippen molar-refractivity contribution in [2.24, 2.45) is 5.92 Å². The van der Waals surface area contributed by atoms with E-state index in [1.165, 1.54) is 0 Å². The second kappa shape index (κ2) is 6.61. The second-order valence-electron chi connectivity index (χ2n) is 4.20. The number of aryl methyl sites for hydroxylation is 1. The zero-order valence-corrected chi connectivity index (χ0v) is 10.8. The molecular formula is C11H19ClN4O. The molecule has 1 aromatic heterocycles. The number of carbonyl (C=O) groups excluding carboxylic acids is 1. The molecule has 1 fully saturated rings. The maximum absolute atomic E-state index is 11.7. The van der Waals surface area contributed by atoms with Gasteiger partial charge in [0.05, 0.1) is 11.9 Å². The minimum Gasteiger partial charge on any atom is -0.323 e. The van der Waals surface area contributed by atoms with Crippen LogP contribution in [0.15, 0.2) is 12.4 Å². The normalized spacial score (nSPS) is 18.8. The monoisotopic (exact) mass is 258 g/mol. The van der Waals surface area contributed by atoms with Crippen LogP contribution in [0.1, 0.15) is 19.8 Å². The number of hydrogen-bond donors (Lipinski definition) is 2. The van der Waals surface area contributed by atoms with Gasteiger partial charge in [0, 0.05) is 19.2 Å². The summed E-state index contributed by atoms with van der Waals surface area (Å²) in [5.41, 5.74) is 0.790. The van der Waals surface area contributed by atoms with Crippen LogP contribution < -0.4 is 10.6 Å². The van der Waals surface area contributed by atoms with Gasteiger partial charge in [-0.3, -0.25) is 9.48 Å². The lowest BCUT2D eigenvalue weighted by molar-refractivity contribution is -0.116. The summed E-state index contributed by atoms with van der Waals surface area (Å²) < 4.78 is 1.80. The SMILES string of the molecule is CCn1cc(NC(=O)CC2CCNC2)cn1.Cl. The van der Waals surface area contributed by atoms with E-state index >= 15 is 0 Å². The van der Waals surface area contributed by atoms with Crippen molar-refractivity contribution in [2.45, 2.75) is 26.3 Å². The van der Waals surface area contributed by atoms with E-state index in [1.54, 1.807) is 10.9 Å². The van der Waals surface area contributed by atoms with Crippen LogP contribution in [0.2, 0.25) is 0 Å². The maximum Gasteiger partial charge on any atom is 0.224 e. The summed E-state index contributed by atoms with van der Waals surface area (Å²) in [6.45, 7) is 4.83. The molecule has 1 saturated heterocycles. The minimum absolute atomic E-state index is 0.